The van der Waals surface area contributed by atoms with Crippen LogP contribution in [0.15, 0.2) is 84.9 Å². The molecule has 41 heavy (non-hydrogen) atoms. The summed E-state index contributed by atoms with van der Waals surface area (Å²) in [5, 5.41) is 6.75. The molecule has 0 spiro atoms. The molecule has 0 bridgehead atoms. The first-order valence-electron chi connectivity index (χ1n) is 15.3. The number of nitrogens with zero attached hydrogens (tertiary/aromatic N) is 1. The van der Waals surface area contributed by atoms with Crippen LogP contribution in [0.5, 0.6) is 5.75 Å². The van der Waals surface area contributed by atoms with Crippen molar-refractivity contribution < 1.29 is 14.3 Å². The molecule has 1 saturated carbocycles. The molecule has 5 rings (SSSR count). The molecule has 0 radical (unpaired) electrons. The number of carbonyl (C=O) groups is 2. The predicted octanol–water partition coefficient (Wildman–Crippen LogP) is 6.98. The molecule has 3 atom stereocenters. The summed E-state index contributed by atoms with van der Waals surface area (Å²) >= 11 is 0. The fourth-order valence-electron chi connectivity index (χ4n) is 6.40. The Bertz CT molecular complexity index is 1240. The average Bonchev–Trinajstić information content (AvgIpc) is 3.04. The Morgan fingerprint density at radius 2 is 1.54 bits per heavy atom. The van der Waals surface area contributed by atoms with Crippen molar-refractivity contribution in [2.75, 3.05) is 13.1 Å². The molecule has 2 aliphatic rings. The van der Waals surface area contributed by atoms with E-state index in [1.54, 1.807) is 0 Å². The highest BCUT2D eigenvalue weighted by Gasteiger charge is 2.33. The topological polar surface area (TPSA) is 70.7 Å². The summed E-state index contributed by atoms with van der Waals surface area (Å²) in [7, 11) is 0. The summed E-state index contributed by atoms with van der Waals surface area (Å²) in [4.78, 5) is 28.7. The van der Waals surface area contributed by atoms with E-state index in [-0.39, 0.29) is 35.9 Å². The van der Waals surface area contributed by atoms with Crippen molar-refractivity contribution in [1.82, 2.24) is 15.5 Å². The Morgan fingerprint density at radius 3 is 2.22 bits per heavy atom. The molecule has 6 nitrogen and oxygen atoms in total. The normalized spacial score (nSPS) is 20.1. The fourth-order valence-corrected chi connectivity index (χ4v) is 6.40. The van der Waals surface area contributed by atoms with Crippen LogP contribution in [0.4, 0.5) is 4.79 Å². The number of amides is 2. The molecule has 1 saturated heterocycles. The Hall–Kier alpha value is -3.64. The number of hydrogen-bond donors (Lipinski definition) is 2. The van der Waals surface area contributed by atoms with Crippen LogP contribution in [-0.2, 0) is 11.3 Å². The monoisotopic (exact) mass is 553 g/mol. The highest BCUT2D eigenvalue weighted by Crippen LogP contribution is 2.38. The Balaban J connectivity index is 1.28. The van der Waals surface area contributed by atoms with E-state index in [0.717, 1.165) is 69.2 Å². The van der Waals surface area contributed by atoms with Gasteiger partial charge >= 0.3 is 6.09 Å². The summed E-state index contributed by atoms with van der Waals surface area (Å²) in [5.74, 6) is 0.898. The highest BCUT2D eigenvalue weighted by atomic mass is 16.6. The third kappa shape index (κ3) is 7.56. The zero-order valence-corrected chi connectivity index (χ0v) is 24.1. The van der Waals surface area contributed by atoms with Gasteiger partial charge in [-0.3, -0.25) is 4.79 Å². The van der Waals surface area contributed by atoms with Crippen LogP contribution >= 0.6 is 0 Å². The molecule has 2 N–H and O–H groups in total. The summed E-state index contributed by atoms with van der Waals surface area (Å²) in [6.45, 7) is 4.41. The van der Waals surface area contributed by atoms with Crippen molar-refractivity contribution in [2.24, 2.45) is 5.92 Å². The fraction of sp³-hybridized carbons (Fsp3) is 0.429. The molecule has 1 heterocycles. The number of carbonyl (C=O) groups excluding carboxylic acids is 2. The molecule has 6 heteroatoms. The maximum absolute atomic E-state index is 13.6. The third-order valence-electron chi connectivity index (χ3n) is 8.72. The van der Waals surface area contributed by atoms with Gasteiger partial charge in [-0.25, -0.2) is 4.79 Å². The summed E-state index contributed by atoms with van der Waals surface area (Å²) in [6, 6.07) is 28.3. The van der Waals surface area contributed by atoms with Crippen molar-refractivity contribution in [1.29, 1.82) is 0 Å². The lowest BCUT2D eigenvalue weighted by atomic mass is 9.74. The maximum Gasteiger partial charge on any atom is 0.415 e. The molecular weight excluding hydrogens is 510 g/mol. The molecule has 1 aliphatic heterocycles. The van der Waals surface area contributed by atoms with E-state index in [0.29, 0.717) is 12.3 Å². The Morgan fingerprint density at radius 1 is 0.878 bits per heavy atom. The van der Waals surface area contributed by atoms with E-state index in [1.165, 1.54) is 5.56 Å². The van der Waals surface area contributed by atoms with Gasteiger partial charge in [0, 0.05) is 18.5 Å². The molecule has 2 fully saturated rings. The van der Waals surface area contributed by atoms with Gasteiger partial charge in [-0.1, -0.05) is 92.6 Å². The van der Waals surface area contributed by atoms with Gasteiger partial charge in [0.15, 0.2) is 0 Å². The number of piperidine rings is 1. The quantitative estimate of drug-likeness (QED) is 0.300. The van der Waals surface area contributed by atoms with E-state index in [1.807, 2.05) is 53.4 Å². The number of rotatable bonds is 9. The first kappa shape index (κ1) is 28.9. The van der Waals surface area contributed by atoms with Gasteiger partial charge in [0.25, 0.3) is 0 Å². The summed E-state index contributed by atoms with van der Waals surface area (Å²) < 4.78 is 5.76. The molecule has 216 valence electrons. The molecule has 3 aromatic carbocycles. The standard InChI is InChI=1S/C35H43N3O3/c1-2-33(28-11-5-3-6-12-28)37-34(39)32-16-10-9-15-31(32)27-19-17-26(18-20-27)25-38(29-21-23-36-24-22-29)35(40)41-30-13-7-4-8-14-30/h3-8,11-14,17-20,29,31-33,36H,2,9-10,15-16,21-25H2,1H3,(H,37,39)/t31-,32?,33-/m0/s1. The molecular formula is C35H43N3O3. The molecule has 3 aromatic rings. The van der Waals surface area contributed by atoms with E-state index >= 15 is 0 Å². The van der Waals surface area contributed by atoms with Gasteiger partial charge in [-0.2, -0.15) is 0 Å². The van der Waals surface area contributed by atoms with E-state index in [2.05, 4.69) is 54.0 Å². The second-order valence-corrected chi connectivity index (χ2v) is 11.4. The molecule has 1 aliphatic carbocycles. The number of nitrogens with one attached hydrogen (secondary N) is 2. The predicted molar refractivity (Wildman–Crippen MR) is 163 cm³/mol. The number of ether oxygens (including phenoxy) is 1. The van der Waals surface area contributed by atoms with Gasteiger partial charge < -0.3 is 20.3 Å². The Labute approximate surface area is 244 Å². The van der Waals surface area contributed by atoms with Crippen molar-refractivity contribution in [3.8, 4) is 5.75 Å². The van der Waals surface area contributed by atoms with Gasteiger partial charge in [0.2, 0.25) is 5.91 Å². The zero-order chi connectivity index (χ0) is 28.4. The maximum atomic E-state index is 13.6. The van der Waals surface area contributed by atoms with Crippen molar-refractivity contribution >= 4 is 12.0 Å². The van der Waals surface area contributed by atoms with Gasteiger partial charge in [-0.05, 0) is 79.9 Å². The largest absolute Gasteiger partial charge is 0.415 e. The first-order chi connectivity index (χ1) is 20.1. The minimum atomic E-state index is -0.305. The van der Waals surface area contributed by atoms with Gasteiger partial charge in [0.05, 0.1) is 6.04 Å². The second-order valence-electron chi connectivity index (χ2n) is 11.4. The van der Waals surface area contributed by atoms with Crippen LogP contribution in [0, 0.1) is 5.92 Å². The van der Waals surface area contributed by atoms with Crippen LogP contribution in [0.1, 0.15) is 80.5 Å². The smallest absolute Gasteiger partial charge is 0.410 e. The Kier molecular flexibility index (Phi) is 10.1. The molecule has 2 amide bonds. The van der Waals surface area contributed by atoms with Crippen LogP contribution in [0.25, 0.3) is 0 Å². The van der Waals surface area contributed by atoms with Gasteiger partial charge in [0.1, 0.15) is 5.75 Å². The van der Waals surface area contributed by atoms with Crippen LogP contribution in [-0.4, -0.2) is 36.0 Å². The van der Waals surface area contributed by atoms with Crippen molar-refractivity contribution in [2.45, 2.75) is 76.4 Å². The molecule has 1 unspecified atom stereocenters. The summed E-state index contributed by atoms with van der Waals surface area (Å²) in [6.07, 6.45) is 6.53. The minimum absolute atomic E-state index is 0.0283. The second kappa shape index (κ2) is 14.3. The number of benzene rings is 3. The van der Waals surface area contributed by atoms with Crippen LogP contribution < -0.4 is 15.4 Å². The summed E-state index contributed by atoms with van der Waals surface area (Å²) in [5.41, 5.74) is 3.44. The van der Waals surface area contributed by atoms with Gasteiger partial charge in [-0.15, -0.1) is 0 Å². The van der Waals surface area contributed by atoms with Crippen molar-refractivity contribution in [3.05, 3.63) is 102 Å². The SMILES string of the molecule is CC[C@H](NC(=O)C1CCCC[C@H]1c1ccc(CN(C(=O)Oc2ccccc2)C2CCNCC2)cc1)c1ccccc1. The third-order valence-corrected chi connectivity index (χ3v) is 8.72. The molecule has 0 aromatic heterocycles. The van der Waals surface area contributed by atoms with Crippen molar-refractivity contribution in [3.63, 3.8) is 0 Å². The van der Waals surface area contributed by atoms with E-state index in [9.17, 15) is 9.59 Å². The minimum Gasteiger partial charge on any atom is -0.410 e. The first-order valence-corrected chi connectivity index (χ1v) is 15.3. The average molecular weight is 554 g/mol. The lowest BCUT2D eigenvalue weighted by Gasteiger charge is -2.34. The lowest BCUT2D eigenvalue weighted by molar-refractivity contribution is -0.127. The highest BCUT2D eigenvalue weighted by molar-refractivity contribution is 5.80. The van der Waals surface area contributed by atoms with Crippen LogP contribution in [0.2, 0.25) is 0 Å². The van der Waals surface area contributed by atoms with Crippen LogP contribution in [0.3, 0.4) is 0 Å². The van der Waals surface area contributed by atoms with E-state index < -0.39 is 0 Å². The number of para-hydroxylation sites is 1. The van der Waals surface area contributed by atoms with E-state index in [4.69, 9.17) is 4.74 Å². The zero-order valence-electron chi connectivity index (χ0n) is 24.1. The number of hydrogen-bond acceptors (Lipinski definition) is 4. The lowest BCUT2D eigenvalue weighted by Crippen LogP contribution is -2.46.